The van der Waals surface area contributed by atoms with E-state index in [4.69, 9.17) is 16.2 Å². The van der Waals surface area contributed by atoms with E-state index in [1.54, 1.807) is 24.5 Å². The highest BCUT2D eigenvalue weighted by atomic mass is 16.5. The Morgan fingerprint density at radius 3 is 2.60 bits per heavy atom. The Kier molecular flexibility index (Phi) is 2.77. The lowest BCUT2D eigenvalue weighted by molar-refractivity contribution is 0.394. The van der Waals surface area contributed by atoms with Crippen LogP contribution in [0.1, 0.15) is 17.0 Å². The first-order valence-corrected chi connectivity index (χ1v) is 6.07. The Labute approximate surface area is 116 Å². The van der Waals surface area contributed by atoms with Crippen LogP contribution < -0.4 is 16.2 Å². The Balaban J connectivity index is 2.23. The lowest BCUT2D eigenvalue weighted by Crippen LogP contribution is -2.21. The van der Waals surface area contributed by atoms with Crippen LogP contribution >= 0.6 is 0 Å². The van der Waals surface area contributed by atoms with Crippen molar-refractivity contribution in [2.75, 3.05) is 5.73 Å². The van der Waals surface area contributed by atoms with Gasteiger partial charge in [0.05, 0.1) is 5.92 Å². The monoisotopic (exact) mass is 264 g/mol. The Hall–Kier alpha value is -3.00. The van der Waals surface area contributed by atoms with Crippen molar-refractivity contribution < 1.29 is 4.74 Å². The van der Waals surface area contributed by atoms with E-state index in [1.165, 1.54) is 0 Å². The van der Waals surface area contributed by atoms with E-state index < -0.39 is 0 Å². The van der Waals surface area contributed by atoms with Crippen molar-refractivity contribution in [3.63, 3.8) is 0 Å². The highest BCUT2D eigenvalue weighted by Crippen LogP contribution is 2.42. The Morgan fingerprint density at radius 2 is 1.90 bits per heavy atom. The topological polar surface area (TPSA) is 98.0 Å². The Bertz CT molecular complexity index is 731. The van der Waals surface area contributed by atoms with E-state index in [9.17, 15) is 5.26 Å². The largest absolute Gasteiger partial charge is 0.440 e. The summed E-state index contributed by atoms with van der Waals surface area (Å²) in [4.78, 5) is 4.00. The number of allylic oxidation sites excluding steroid dienone is 1. The van der Waals surface area contributed by atoms with Crippen molar-refractivity contribution in [3.8, 4) is 11.8 Å². The number of anilines is 1. The van der Waals surface area contributed by atoms with Crippen LogP contribution in [0.4, 0.5) is 5.69 Å². The number of hydrogen-bond donors (Lipinski definition) is 2. The molecule has 5 heteroatoms. The number of nitrogens with zero attached hydrogens (tertiary/aromatic N) is 2. The highest BCUT2D eigenvalue weighted by Gasteiger charge is 2.30. The molecule has 1 aliphatic rings. The first kappa shape index (κ1) is 12.1. The summed E-state index contributed by atoms with van der Waals surface area (Å²) in [7, 11) is 0. The summed E-state index contributed by atoms with van der Waals surface area (Å²) in [6.07, 6.45) is 3.37. The van der Waals surface area contributed by atoms with Crippen LogP contribution in [0.2, 0.25) is 0 Å². The number of nitrogens with two attached hydrogens (primary N) is 2. The summed E-state index contributed by atoms with van der Waals surface area (Å²) < 4.78 is 5.51. The van der Waals surface area contributed by atoms with Gasteiger partial charge in [0.15, 0.2) is 0 Å². The third kappa shape index (κ3) is 1.84. The van der Waals surface area contributed by atoms with Gasteiger partial charge in [-0.15, -0.1) is 0 Å². The zero-order valence-corrected chi connectivity index (χ0v) is 10.6. The molecule has 0 aliphatic carbocycles. The summed E-state index contributed by atoms with van der Waals surface area (Å²) in [6, 6.07) is 11.2. The molecule has 0 radical (unpaired) electrons. The maximum absolute atomic E-state index is 9.37. The van der Waals surface area contributed by atoms with Crippen molar-refractivity contribution in [1.82, 2.24) is 4.98 Å². The van der Waals surface area contributed by atoms with Gasteiger partial charge in [0.1, 0.15) is 17.4 Å². The molecule has 0 saturated heterocycles. The fraction of sp³-hybridized carbons (Fsp3) is 0.0667. The molecular weight excluding hydrogens is 252 g/mol. The van der Waals surface area contributed by atoms with Gasteiger partial charge in [-0.05, 0) is 23.8 Å². The number of ether oxygens (including phenoxy) is 1. The van der Waals surface area contributed by atoms with E-state index in [1.807, 2.05) is 18.2 Å². The number of pyridine rings is 1. The second-order valence-corrected chi connectivity index (χ2v) is 4.50. The van der Waals surface area contributed by atoms with Crippen molar-refractivity contribution in [3.05, 3.63) is 65.3 Å². The molecule has 0 spiro atoms. The van der Waals surface area contributed by atoms with Gasteiger partial charge >= 0.3 is 0 Å². The number of aromatic nitrogens is 1. The van der Waals surface area contributed by atoms with Gasteiger partial charge in [0.2, 0.25) is 5.88 Å². The van der Waals surface area contributed by atoms with Crippen LogP contribution in [-0.4, -0.2) is 4.98 Å². The number of rotatable bonds is 1. The zero-order chi connectivity index (χ0) is 14.1. The summed E-state index contributed by atoms with van der Waals surface area (Å²) in [5.41, 5.74) is 14.4. The maximum atomic E-state index is 9.37. The molecule has 0 unspecified atom stereocenters. The van der Waals surface area contributed by atoms with Crippen LogP contribution in [0, 0.1) is 11.3 Å². The fourth-order valence-corrected chi connectivity index (χ4v) is 2.37. The third-order valence-electron chi connectivity index (χ3n) is 3.28. The minimum atomic E-state index is -0.257. The number of hydrogen-bond acceptors (Lipinski definition) is 5. The number of nitrogen functional groups attached to an aromatic ring is 1. The van der Waals surface area contributed by atoms with Crippen LogP contribution in [0.15, 0.2) is 54.2 Å². The predicted octanol–water partition coefficient (Wildman–Crippen LogP) is 1.88. The average molecular weight is 264 g/mol. The molecule has 1 aliphatic heterocycles. The minimum Gasteiger partial charge on any atom is -0.440 e. The van der Waals surface area contributed by atoms with Gasteiger partial charge in [-0.3, -0.25) is 4.98 Å². The number of fused-ring (bicyclic) bond motifs is 1. The SMILES string of the molecule is N#CC1=C(N)Oc2cc(N)ccc2[C@H]1c1ccncc1. The van der Waals surface area contributed by atoms with Gasteiger partial charge in [-0.2, -0.15) is 5.26 Å². The van der Waals surface area contributed by atoms with Gasteiger partial charge < -0.3 is 16.2 Å². The quantitative estimate of drug-likeness (QED) is 0.766. The van der Waals surface area contributed by atoms with Gasteiger partial charge in [-0.25, -0.2) is 0 Å². The van der Waals surface area contributed by atoms with E-state index in [2.05, 4.69) is 11.1 Å². The smallest absolute Gasteiger partial charge is 0.205 e. The molecule has 4 N–H and O–H groups in total. The van der Waals surface area contributed by atoms with Crippen molar-refractivity contribution in [2.24, 2.45) is 5.73 Å². The first-order chi connectivity index (χ1) is 9.70. The van der Waals surface area contributed by atoms with E-state index in [0.29, 0.717) is 17.0 Å². The number of benzene rings is 1. The zero-order valence-electron chi connectivity index (χ0n) is 10.6. The van der Waals surface area contributed by atoms with Gasteiger partial charge in [-0.1, -0.05) is 6.07 Å². The van der Waals surface area contributed by atoms with Crippen LogP contribution in [0.5, 0.6) is 5.75 Å². The molecule has 0 fully saturated rings. The molecule has 3 rings (SSSR count). The van der Waals surface area contributed by atoms with Crippen LogP contribution in [0.3, 0.4) is 0 Å². The highest BCUT2D eigenvalue weighted by molar-refractivity contribution is 5.59. The van der Waals surface area contributed by atoms with Crippen molar-refractivity contribution in [1.29, 1.82) is 5.26 Å². The van der Waals surface area contributed by atoms with Crippen molar-refractivity contribution in [2.45, 2.75) is 5.92 Å². The fourth-order valence-electron chi connectivity index (χ4n) is 2.37. The lowest BCUT2D eigenvalue weighted by atomic mass is 9.84. The van der Waals surface area contributed by atoms with Gasteiger partial charge in [0, 0.05) is 29.7 Å². The lowest BCUT2D eigenvalue weighted by Gasteiger charge is -2.26. The third-order valence-corrected chi connectivity index (χ3v) is 3.28. The maximum Gasteiger partial charge on any atom is 0.205 e. The van der Waals surface area contributed by atoms with Crippen molar-refractivity contribution >= 4 is 5.69 Å². The molecule has 2 aromatic rings. The molecule has 0 amide bonds. The van der Waals surface area contributed by atoms with Gasteiger partial charge in [0.25, 0.3) is 0 Å². The van der Waals surface area contributed by atoms with Crippen LogP contribution in [0.25, 0.3) is 0 Å². The summed E-state index contributed by atoms with van der Waals surface area (Å²) >= 11 is 0. The van der Waals surface area contributed by atoms with Crippen LogP contribution in [-0.2, 0) is 0 Å². The molecule has 5 nitrogen and oxygen atoms in total. The first-order valence-electron chi connectivity index (χ1n) is 6.07. The summed E-state index contributed by atoms with van der Waals surface area (Å²) in [5.74, 6) is 0.447. The molecule has 1 aromatic heterocycles. The Morgan fingerprint density at radius 1 is 1.15 bits per heavy atom. The average Bonchev–Trinajstić information content (AvgIpc) is 2.46. The van der Waals surface area contributed by atoms with E-state index in [-0.39, 0.29) is 11.8 Å². The van der Waals surface area contributed by atoms with E-state index >= 15 is 0 Å². The number of nitriles is 1. The molecule has 98 valence electrons. The predicted molar refractivity (Wildman–Crippen MR) is 74.4 cm³/mol. The van der Waals surface area contributed by atoms with E-state index in [0.717, 1.165) is 11.1 Å². The molecule has 0 saturated carbocycles. The minimum absolute atomic E-state index is 0.118. The normalized spacial score (nSPS) is 17.1. The molecule has 2 heterocycles. The second kappa shape index (κ2) is 4.59. The molecule has 20 heavy (non-hydrogen) atoms. The summed E-state index contributed by atoms with van der Waals surface area (Å²) in [5, 5.41) is 9.37. The molecular formula is C15H12N4O. The second-order valence-electron chi connectivity index (χ2n) is 4.50. The molecule has 0 bridgehead atoms. The summed E-state index contributed by atoms with van der Waals surface area (Å²) in [6.45, 7) is 0. The molecule has 1 aromatic carbocycles. The standard InChI is InChI=1S/C15H12N4O/c16-8-12-14(9-3-5-19-6-4-9)11-2-1-10(17)7-13(11)20-15(12)18/h1-7,14H,17-18H2/t14-/m1/s1. The molecule has 1 atom stereocenters.